The summed E-state index contributed by atoms with van der Waals surface area (Å²) < 4.78 is 20.7. The Kier molecular flexibility index (Phi) is 9.38. The molecule has 2 heterocycles. The van der Waals surface area contributed by atoms with Gasteiger partial charge >= 0.3 is 0 Å². The van der Waals surface area contributed by atoms with Crippen LogP contribution < -0.4 is 34.4 Å². The van der Waals surface area contributed by atoms with Crippen molar-refractivity contribution in [3.8, 4) is 17.2 Å². The molecule has 1 amide bonds. The number of rotatable bonds is 9. The molecule has 0 radical (unpaired) electrons. The van der Waals surface area contributed by atoms with Crippen molar-refractivity contribution in [3.63, 3.8) is 0 Å². The maximum absolute atomic E-state index is 14.6. The fraction of sp³-hybridized carbons (Fsp3) is 0.125. The number of hydrogen-bond acceptors (Lipinski definition) is 7. The van der Waals surface area contributed by atoms with Gasteiger partial charge in [0.15, 0.2) is 4.80 Å². The molecule has 1 aliphatic heterocycles. The summed E-state index contributed by atoms with van der Waals surface area (Å²) >= 11 is 4.76. The number of carbonyl (C=O) groups is 1. The van der Waals surface area contributed by atoms with Crippen LogP contribution >= 0.6 is 27.3 Å². The number of thiazole rings is 1. The lowest BCUT2D eigenvalue weighted by Crippen LogP contribution is -2.40. The summed E-state index contributed by atoms with van der Waals surface area (Å²) in [6, 6.07) is 33.6. The molecule has 0 bridgehead atoms. The van der Waals surface area contributed by atoms with E-state index in [0.29, 0.717) is 55.7 Å². The highest BCUT2D eigenvalue weighted by Crippen LogP contribution is 2.38. The zero-order valence-electron chi connectivity index (χ0n) is 27.5. The van der Waals surface area contributed by atoms with Crippen LogP contribution in [0.4, 0.5) is 5.69 Å². The van der Waals surface area contributed by atoms with Gasteiger partial charge in [0.1, 0.15) is 29.9 Å². The number of nitrogens with zero attached hydrogens (tertiary/aromatic N) is 2. The molecule has 1 aromatic heterocycles. The Labute approximate surface area is 300 Å². The van der Waals surface area contributed by atoms with Gasteiger partial charge in [-0.25, -0.2) is 4.99 Å². The number of benzene rings is 5. The van der Waals surface area contributed by atoms with E-state index in [-0.39, 0.29) is 11.5 Å². The lowest BCUT2D eigenvalue weighted by Gasteiger charge is -2.26. The monoisotopic (exact) mass is 745 g/mol. The number of carbonyl (C=O) groups excluding carboxylic acids is 1. The van der Waals surface area contributed by atoms with E-state index in [9.17, 15) is 9.59 Å². The van der Waals surface area contributed by atoms with Crippen LogP contribution in [0.5, 0.6) is 17.2 Å². The second kappa shape index (κ2) is 14.2. The third-order valence-corrected chi connectivity index (χ3v) is 10.1. The van der Waals surface area contributed by atoms with Crippen molar-refractivity contribution in [1.29, 1.82) is 0 Å². The van der Waals surface area contributed by atoms with Gasteiger partial charge in [0.05, 0.1) is 30.0 Å². The van der Waals surface area contributed by atoms with E-state index < -0.39 is 6.04 Å². The quantitative estimate of drug-likeness (QED) is 0.167. The Morgan fingerprint density at radius 2 is 1.68 bits per heavy atom. The van der Waals surface area contributed by atoms with E-state index in [1.165, 1.54) is 11.3 Å². The molecule has 7 rings (SSSR count). The van der Waals surface area contributed by atoms with Gasteiger partial charge in [-0.05, 0) is 71.8 Å². The smallest absolute Gasteiger partial charge is 0.271 e. The summed E-state index contributed by atoms with van der Waals surface area (Å²) in [5.74, 6) is 1.33. The molecule has 0 fully saturated rings. The van der Waals surface area contributed by atoms with Crippen LogP contribution in [0.25, 0.3) is 16.8 Å². The third kappa shape index (κ3) is 6.47. The molecule has 0 saturated carbocycles. The van der Waals surface area contributed by atoms with Crippen LogP contribution in [0, 0.1) is 0 Å². The topological polar surface area (TPSA) is 91.2 Å². The number of anilines is 1. The second-order valence-electron chi connectivity index (χ2n) is 11.6. The van der Waals surface area contributed by atoms with Crippen molar-refractivity contribution in [2.24, 2.45) is 4.99 Å². The number of ether oxygens (including phenoxy) is 3. The lowest BCUT2D eigenvalue weighted by molar-refractivity contribution is -0.113. The van der Waals surface area contributed by atoms with E-state index in [0.717, 1.165) is 26.4 Å². The molecule has 0 aliphatic carbocycles. The maximum Gasteiger partial charge on any atom is 0.271 e. The Hall–Kier alpha value is -5.45. The number of methoxy groups -OCH3 is 2. The van der Waals surface area contributed by atoms with Gasteiger partial charge in [-0.1, -0.05) is 87.9 Å². The predicted molar refractivity (Wildman–Crippen MR) is 201 cm³/mol. The Bertz CT molecular complexity index is 2450. The fourth-order valence-corrected chi connectivity index (χ4v) is 7.39. The highest BCUT2D eigenvalue weighted by molar-refractivity contribution is 9.10. The van der Waals surface area contributed by atoms with Crippen molar-refractivity contribution >= 4 is 55.7 Å². The zero-order valence-corrected chi connectivity index (χ0v) is 29.9. The highest BCUT2D eigenvalue weighted by Gasteiger charge is 2.34. The third-order valence-electron chi connectivity index (χ3n) is 8.55. The average molecular weight is 747 g/mol. The van der Waals surface area contributed by atoms with Gasteiger partial charge < -0.3 is 19.5 Å². The van der Waals surface area contributed by atoms with Crippen LogP contribution in [0.1, 0.15) is 29.7 Å². The minimum Gasteiger partial charge on any atom is -0.497 e. The van der Waals surface area contributed by atoms with E-state index in [2.05, 4.69) is 21.2 Å². The van der Waals surface area contributed by atoms with Crippen LogP contribution in [0.3, 0.4) is 0 Å². The molecule has 1 N–H and O–H groups in total. The molecule has 1 atom stereocenters. The van der Waals surface area contributed by atoms with Crippen molar-refractivity contribution in [2.75, 3.05) is 19.5 Å². The number of nitrogens with one attached hydrogen (secondary N) is 1. The number of allylic oxidation sites excluding steroid dienone is 1. The fourth-order valence-electron chi connectivity index (χ4n) is 6.09. The van der Waals surface area contributed by atoms with Gasteiger partial charge in [-0.3, -0.25) is 14.2 Å². The number of amides is 1. The average Bonchev–Trinajstić information content (AvgIpc) is 3.44. The first-order valence-electron chi connectivity index (χ1n) is 15.8. The largest absolute Gasteiger partial charge is 0.497 e. The van der Waals surface area contributed by atoms with Gasteiger partial charge in [0.25, 0.3) is 11.5 Å². The van der Waals surface area contributed by atoms with Gasteiger partial charge in [-0.15, -0.1) is 0 Å². The number of halogens is 1. The van der Waals surface area contributed by atoms with Crippen LogP contribution in [-0.2, 0) is 11.4 Å². The van der Waals surface area contributed by atoms with E-state index >= 15 is 0 Å². The van der Waals surface area contributed by atoms with Crippen LogP contribution in [-0.4, -0.2) is 24.7 Å². The molecule has 6 aromatic rings. The lowest BCUT2D eigenvalue weighted by atomic mass is 9.94. The molecule has 0 unspecified atom stereocenters. The Morgan fingerprint density at radius 1 is 0.920 bits per heavy atom. The summed E-state index contributed by atoms with van der Waals surface area (Å²) in [7, 11) is 3.13. The minimum absolute atomic E-state index is 0.291. The number of aromatic nitrogens is 1. The second-order valence-corrected chi connectivity index (χ2v) is 13.5. The van der Waals surface area contributed by atoms with E-state index in [1.54, 1.807) is 37.8 Å². The van der Waals surface area contributed by atoms with Crippen molar-refractivity contribution in [2.45, 2.75) is 19.6 Å². The number of fused-ring (bicyclic) bond motifs is 2. The molecule has 250 valence electrons. The molecule has 0 saturated heterocycles. The summed E-state index contributed by atoms with van der Waals surface area (Å²) in [5, 5.41) is 4.95. The van der Waals surface area contributed by atoms with Gasteiger partial charge in [0.2, 0.25) is 0 Å². The first-order valence-corrected chi connectivity index (χ1v) is 17.5. The summed E-state index contributed by atoms with van der Waals surface area (Å²) in [4.78, 5) is 34.0. The normalized spacial score (nSPS) is 14.2. The summed E-state index contributed by atoms with van der Waals surface area (Å²) in [5.41, 5.74) is 3.58. The van der Waals surface area contributed by atoms with Crippen LogP contribution in [0.2, 0.25) is 0 Å². The molecule has 10 heteroatoms. The summed E-state index contributed by atoms with van der Waals surface area (Å²) in [6.07, 6.45) is 1.87. The van der Waals surface area contributed by atoms with Crippen molar-refractivity contribution in [3.05, 3.63) is 161 Å². The first-order chi connectivity index (χ1) is 24.3. The molecular weight excluding hydrogens is 714 g/mol. The maximum atomic E-state index is 14.6. The molecule has 8 nitrogen and oxygen atoms in total. The van der Waals surface area contributed by atoms with Crippen LogP contribution in [0.15, 0.2) is 135 Å². The zero-order chi connectivity index (χ0) is 34.8. The number of hydrogen-bond donors (Lipinski definition) is 1. The summed E-state index contributed by atoms with van der Waals surface area (Å²) in [6.45, 7) is 2.14. The predicted octanol–water partition coefficient (Wildman–Crippen LogP) is 7.39. The molecule has 1 aliphatic rings. The molecule has 5 aromatic carbocycles. The standard InChI is InChI=1S/C40H32BrN3O5S/c1-24-36(38(45)43-28-10-5-4-6-11-28)37(31-19-18-29(47-2)21-34(31)48-3)44-39(46)35(50-40(44)42-24)22-32-30-12-8-7-9-26(30)15-20-33(32)49-23-25-13-16-27(41)17-14-25/h4-22,37H,23H2,1-3H3,(H,43,45)/b35-22-/t37-/m0/s1. The van der Waals surface area contributed by atoms with Crippen molar-refractivity contribution in [1.82, 2.24) is 4.57 Å². The number of para-hydroxylation sites is 1. The van der Waals surface area contributed by atoms with Crippen molar-refractivity contribution < 1.29 is 19.0 Å². The van der Waals surface area contributed by atoms with Gasteiger partial charge in [-0.2, -0.15) is 0 Å². The minimum atomic E-state index is -0.835. The Morgan fingerprint density at radius 3 is 2.44 bits per heavy atom. The first kappa shape index (κ1) is 33.1. The molecule has 50 heavy (non-hydrogen) atoms. The van der Waals surface area contributed by atoms with Gasteiger partial charge in [0, 0.05) is 27.4 Å². The molecular formula is C40H32BrN3O5S. The van der Waals surface area contributed by atoms with E-state index in [1.807, 2.05) is 103 Å². The SMILES string of the molecule is COc1ccc([C@H]2C(C(=O)Nc3ccccc3)=C(C)N=c3s/c(=C\c4c(OCc5ccc(Br)cc5)ccc5ccccc45)c(=O)n32)c(OC)c1. The molecule has 0 spiro atoms. The Balaban J connectivity index is 1.40. The van der Waals surface area contributed by atoms with E-state index in [4.69, 9.17) is 19.2 Å². The highest BCUT2D eigenvalue weighted by atomic mass is 79.9.